The van der Waals surface area contributed by atoms with Crippen molar-refractivity contribution in [1.82, 2.24) is 14.9 Å². The van der Waals surface area contributed by atoms with Crippen LogP contribution in [0.2, 0.25) is 0 Å². The molecule has 7 nitrogen and oxygen atoms in total. The van der Waals surface area contributed by atoms with Gasteiger partial charge in [0.2, 0.25) is 21.8 Å². The minimum Gasteiger partial charge on any atom is -0.317 e. The molecule has 2 amide bonds. The molecule has 0 bridgehead atoms. The van der Waals surface area contributed by atoms with Gasteiger partial charge in [-0.25, -0.2) is 8.42 Å². The normalized spacial score (nSPS) is 26.6. The summed E-state index contributed by atoms with van der Waals surface area (Å²) in [7, 11) is -3.59. The third kappa shape index (κ3) is 3.36. The molecule has 2 N–H and O–H groups in total. The minimum absolute atomic E-state index is 0.0196. The molecule has 0 aromatic rings. The van der Waals surface area contributed by atoms with E-state index in [1.807, 2.05) is 0 Å². The molecule has 2 aliphatic heterocycles. The van der Waals surface area contributed by atoms with Crippen LogP contribution in [0.4, 0.5) is 0 Å². The first-order valence-electron chi connectivity index (χ1n) is 6.98. The second kappa shape index (κ2) is 6.19. The van der Waals surface area contributed by atoms with Gasteiger partial charge in [-0.15, -0.1) is 0 Å². The van der Waals surface area contributed by atoms with E-state index in [0.717, 1.165) is 30.2 Å². The Morgan fingerprint density at radius 2 is 1.90 bits per heavy atom. The maximum absolute atomic E-state index is 12.5. The number of amides is 2. The zero-order valence-electron chi connectivity index (χ0n) is 11.6. The Balaban J connectivity index is 2.13. The molecule has 1 atom stereocenters. The number of hydrogen-bond donors (Lipinski definition) is 2. The molecule has 0 saturated carbocycles. The summed E-state index contributed by atoms with van der Waals surface area (Å²) in [6, 6.07) is -0.764. The van der Waals surface area contributed by atoms with Gasteiger partial charge in [0.05, 0.1) is 12.3 Å². The summed E-state index contributed by atoms with van der Waals surface area (Å²) in [5.74, 6) is -0.948. The van der Waals surface area contributed by atoms with Crippen molar-refractivity contribution < 1.29 is 18.0 Å². The van der Waals surface area contributed by atoms with Gasteiger partial charge in [-0.05, 0) is 38.3 Å². The Bertz CT molecular complexity index is 485. The second-order valence-corrected chi connectivity index (χ2v) is 7.32. The van der Waals surface area contributed by atoms with Crippen LogP contribution in [0.25, 0.3) is 0 Å². The zero-order valence-corrected chi connectivity index (χ0v) is 12.4. The first-order chi connectivity index (χ1) is 9.44. The Morgan fingerprint density at radius 3 is 2.50 bits per heavy atom. The topological polar surface area (TPSA) is 95.6 Å². The fourth-order valence-electron chi connectivity index (χ4n) is 2.77. The summed E-state index contributed by atoms with van der Waals surface area (Å²) in [4.78, 5) is 23.2. The highest BCUT2D eigenvalue weighted by Gasteiger charge is 2.40. The highest BCUT2D eigenvalue weighted by molar-refractivity contribution is 7.89. The van der Waals surface area contributed by atoms with Crippen molar-refractivity contribution in [3.05, 3.63) is 0 Å². The van der Waals surface area contributed by atoms with Gasteiger partial charge in [0, 0.05) is 0 Å². The number of sulfonamides is 1. The molecule has 20 heavy (non-hydrogen) atoms. The quantitative estimate of drug-likeness (QED) is 0.653. The molecular weight excluding hydrogens is 282 g/mol. The Hall–Kier alpha value is -0.990. The Morgan fingerprint density at radius 1 is 1.25 bits per heavy atom. The van der Waals surface area contributed by atoms with Gasteiger partial charge < -0.3 is 5.32 Å². The smallest absolute Gasteiger partial charge is 0.245 e. The molecule has 0 aromatic heterocycles. The predicted molar refractivity (Wildman–Crippen MR) is 73.3 cm³/mol. The van der Waals surface area contributed by atoms with Gasteiger partial charge in [0.15, 0.2) is 0 Å². The maximum Gasteiger partial charge on any atom is 0.245 e. The number of hydrogen-bond acceptors (Lipinski definition) is 5. The summed E-state index contributed by atoms with van der Waals surface area (Å²) in [6.07, 6.45) is 1.98. The largest absolute Gasteiger partial charge is 0.317 e. The SMILES string of the molecule is CCC1C(=O)NC(=O)CN1S(=O)(=O)CC1CCNCC1. The number of rotatable bonds is 4. The molecule has 2 fully saturated rings. The lowest BCUT2D eigenvalue weighted by molar-refractivity contribution is -0.137. The van der Waals surface area contributed by atoms with Crippen LogP contribution in [0.15, 0.2) is 0 Å². The number of piperidine rings is 1. The predicted octanol–water partition coefficient (Wildman–Crippen LogP) is -0.947. The second-order valence-electron chi connectivity index (χ2n) is 5.35. The minimum atomic E-state index is -3.59. The van der Waals surface area contributed by atoms with Crippen LogP contribution in [0.1, 0.15) is 26.2 Å². The molecule has 2 heterocycles. The highest BCUT2D eigenvalue weighted by Crippen LogP contribution is 2.20. The maximum atomic E-state index is 12.5. The van der Waals surface area contributed by atoms with Crippen LogP contribution in [-0.4, -0.2) is 56.0 Å². The summed E-state index contributed by atoms with van der Waals surface area (Å²) >= 11 is 0. The van der Waals surface area contributed by atoms with Crippen LogP contribution in [0.5, 0.6) is 0 Å². The average molecular weight is 303 g/mol. The number of carbonyl (C=O) groups is 2. The van der Waals surface area contributed by atoms with Gasteiger partial charge in [-0.2, -0.15) is 4.31 Å². The average Bonchev–Trinajstić information content (AvgIpc) is 2.38. The van der Waals surface area contributed by atoms with Crippen molar-refractivity contribution in [2.24, 2.45) is 5.92 Å². The van der Waals surface area contributed by atoms with Gasteiger partial charge in [0.25, 0.3) is 0 Å². The molecule has 8 heteroatoms. The fraction of sp³-hybridized carbons (Fsp3) is 0.833. The molecule has 0 aromatic carbocycles. The van der Waals surface area contributed by atoms with E-state index < -0.39 is 27.9 Å². The van der Waals surface area contributed by atoms with E-state index in [9.17, 15) is 18.0 Å². The van der Waals surface area contributed by atoms with Gasteiger partial charge in [-0.1, -0.05) is 6.92 Å². The van der Waals surface area contributed by atoms with Crippen molar-refractivity contribution in [2.45, 2.75) is 32.2 Å². The number of piperazine rings is 1. The fourth-order valence-corrected chi connectivity index (χ4v) is 4.83. The molecule has 0 spiro atoms. The first-order valence-corrected chi connectivity index (χ1v) is 8.59. The van der Waals surface area contributed by atoms with Crippen molar-refractivity contribution in [3.63, 3.8) is 0 Å². The summed E-state index contributed by atoms with van der Waals surface area (Å²) in [5.41, 5.74) is 0. The molecule has 2 saturated heterocycles. The Kier molecular flexibility index (Phi) is 4.77. The number of nitrogens with one attached hydrogen (secondary N) is 2. The highest BCUT2D eigenvalue weighted by atomic mass is 32.2. The summed E-state index contributed by atoms with van der Waals surface area (Å²) in [5, 5.41) is 5.38. The van der Waals surface area contributed by atoms with E-state index in [4.69, 9.17) is 0 Å². The lowest BCUT2D eigenvalue weighted by Crippen LogP contribution is -2.60. The van der Waals surface area contributed by atoms with E-state index in [2.05, 4.69) is 10.6 Å². The Labute approximate surface area is 119 Å². The van der Waals surface area contributed by atoms with Gasteiger partial charge in [0.1, 0.15) is 6.04 Å². The molecule has 2 rings (SSSR count). The van der Waals surface area contributed by atoms with Crippen LogP contribution < -0.4 is 10.6 Å². The van der Waals surface area contributed by atoms with Crippen molar-refractivity contribution in [2.75, 3.05) is 25.4 Å². The van der Waals surface area contributed by atoms with E-state index >= 15 is 0 Å². The van der Waals surface area contributed by atoms with E-state index in [1.54, 1.807) is 6.92 Å². The third-order valence-corrected chi connectivity index (χ3v) is 5.85. The van der Waals surface area contributed by atoms with E-state index in [1.165, 1.54) is 0 Å². The zero-order chi connectivity index (χ0) is 14.8. The van der Waals surface area contributed by atoms with Crippen LogP contribution >= 0.6 is 0 Å². The molecule has 0 radical (unpaired) electrons. The molecular formula is C12H21N3O4S. The number of carbonyl (C=O) groups excluding carboxylic acids is 2. The molecule has 1 unspecified atom stereocenters. The van der Waals surface area contributed by atoms with Gasteiger partial charge in [-0.3, -0.25) is 14.9 Å². The van der Waals surface area contributed by atoms with E-state index in [-0.39, 0.29) is 18.2 Å². The van der Waals surface area contributed by atoms with Crippen LogP contribution in [0.3, 0.4) is 0 Å². The van der Waals surface area contributed by atoms with Crippen molar-refractivity contribution in [1.29, 1.82) is 0 Å². The standard InChI is InChI=1S/C12H21N3O4S/c1-2-10-12(17)14-11(16)7-15(10)20(18,19)8-9-3-5-13-6-4-9/h9-10,13H,2-8H2,1H3,(H,14,16,17). The lowest BCUT2D eigenvalue weighted by atomic mass is 10.0. The number of imide groups is 1. The monoisotopic (exact) mass is 303 g/mol. The van der Waals surface area contributed by atoms with E-state index in [0.29, 0.717) is 6.42 Å². The molecule has 2 aliphatic rings. The summed E-state index contributed by atoms with van der Waals surface area (Å²) in [6.45, 7) is 3.12. The first kappa shape index (κ1) is 15.4. The van der Waals surface area contributed by atoms with Crippen LogP contribution in [-0.2, 0) is 19.6 Å². The van der Waals surface area contributed by atoms with Crippen molar-refractivity contribution in [3.8, 4) is 0 Å². The van der Waals surface area contributed by atoms with Gasteiger partial charge >= 0.3 is 0 Å². The van der Waals surface area contributed by atoms with Crippen LogP contribution in [0, 0.1) is 5.92 Å². The molecule has 114 valence electrons. The lowest BCUT2D eigenvalue weighted by Gasteiger charge is -2.34. The van der Waals surface area contributed by atoms with Crippen molar-refractivity contribution >= 4 is 21.8 Å². The third-order valence-electron chi connectivity index (χ3n) is 3.86. The molecule has 0 aliphatic carbocycles. The number of nitrogens with zero attached hydrogens (tertiary/aromatic N) is 1. The summed E-state index contributed by atoms with van der Waals surface area (Å²) < 4.78 is 26.1.